The maximum absolute atomic E-state index is 12.6. The summed E-state index contributed by atoms with van der Waals surface area (Å²) >= 11 is 0. The van der Waals surface area contributed by atoms with E-state index in [1.165, 1.54) is 15.7 Å². The lowest BCUT2D eigenvalue weighted by Crippen LogP contribution is -2.18. The number of aromatic nitrogens is 2. The van der Waals surface area contributed by atoms with Gasteiger partial charge in [-0.05, 0) is 55.2 Å². The Morgan fingerprint density at radius 1 is 1.14 bits per heavy atom. The molecule has 0 N–H and O–H groups in total. The molecule has 0 saturated carbocycles. The molecule has 146 valence electrons. The first kappa shape index (κ1) is 19.7. The third kappa shape index (κ3) is 4.25. The van der Waals surface area contributed by atoms with Crippen LogP contribution >= 0.6 is 0 Å². The molecule has 5 heteroatoms. The van der Waals surface area contributed by atoms with Crippen LogP contribution in [0.1, 0.15) is 47.8 Å². The number of imidazole rings is 1. The van der Waals surface area contributed by atoms with Gasteiger partial charge in [0.25, 0.3) is 0 Å². The van der Waals surface area contributed by atoms with Gasteiger partial charge in [0.1, 0.15) is 18.2 Å². The molecular weight excluding hydrogens is 352 g/mol. The van der Waals surface area contributed by atoms with Crippen LogP contribution < -0.4 is 4.74 Å². The minimum absolute atomic E-state index is 0.0204. The van der Waals surface area contributed by atoms with Crippen LogP contribution in [0.15, 0.2) is 54.9 Å². The van der Waals surface area contributed by atoms with E-state index in [-0.39, 0.29) is 12.5 Å². The summed E-state index contributed by atoms with van der Waals surface area (Å²) in [6.07, 6.45) is 2.85. The Hall–Kier alpha value is -3.08. The lowest BCUT2D eigenvalue weighted by Gasteiger charge is -2.17. The summed E-state index contributed by atoms with van der Waals surface area (Å²) in [6, 6.07) is 13.7. The van der Waals surface area contributed by atoms with Gasteiger partial charge in [-0.1, -0.05) is 37.3 Å². The summed E-state index contributed by atoms with van der Waals surface area (Å²) in [5.41, 5.74) is 4.50. The second-order valence-electron chi connectivity index (χ2n) is 6.80. The van der Waals surface area contributed by atoms with Gasteiger partial charge in [-0.3, -0.25) is 0 Å². The molecule has 0 spiro atoms. The Balaban J connectivity index is 1.72. The van der Waals surface area contributed by atoms with E-state index in [0.717, 1.165) is 16.9 Å². The van der Waals surface area contributed by atoms with Crippen molar-refractivity contribution in [1.82, 2.24) is 9.55 Å². The highest BCUT2D eigenvalue weighted by atomic mass is 16.5. The molecule has 28 heavy (non-hydrogen) atoms. The number of aryl methyl sites for hydroxylation is 1. The fraction of sp³-hybridized carbons (Fsp3) is 0.304. The van der Waals surface area contributed by atoms with Crippen molar-refractivity contribution in [1.29, 1.82) is 0 Å². The average molecular weight is 378 g/mol. The number of carbonyl (C=O) groups is 1. The topological polar surface area (TPSA) is 53.4 Å². The number of nitrogens with zero attached hydrogens (tertiary/aromatic N) is 2. The van der Waals surface area contributed by atoms with Crippen molar-refractivity contribution in [2.45, 2.75) is 40.2 Å². The molecule has 0 unspecified atom stereocenters. The third-order valence-electron chi connectivity index (χ3n) is 4.96. The van der Waals surface area contributed by atoms with Crippen LogP contribution in [0.3, 0.4) is 0 Å². The summed E-state index contributed by atoms with van der Waals surface area (Å²) in [6.45, 7) is 9.00. The first-order chi connectivity index (χ1) is 13.5. The molecule has 3 aromatic rings. The van der Waals surface area contributed by atoms with Gasteiger partial charge < -0.3 is 9.47 Å². The SMILES string of the molecule is CCOc1ccc(COC(=O)n2ccnc2[C@@H](C)c2cccc(C)c2C)cc1. The number of benzene rings is 2. The highest BCUT2D eigenvalue weighted by Crippen LogP contribution is 2.27. The standard InChI is InChI=1S/C23H26N2O3/c1-5-27-20-11-9-19(10-12-20)15-28-23(26)25-14-13-24-22(25)18(4)21-8-6-7-16(2)17(21)3/h6-14,18H,5,15H2,1-4H3/t18-/m0/s1. The van der Waals surface area contributed by atoms with Crippen LogP contribution in [-0.2, 0) is 11.3 Å². The molecule has 0 bridgehead atoms. The van der Waals surface area contributed by atoms with E-state index in [1.54, 1.807) is 12.4 Å². The minimum Gasteiger partial charge on any atom is -0.494 e. The minimum atomic E-state index is -0.432. The monoisotopic (exact) mass is 378 g/mol. The quantitative estimate of drug-likeness (QED) is 0.589. The van der Waals surface area contributed by atoms with Gasteiger partial charge in [-0.2, -0.15) is 0 Å². The van der Waals surface area contributed by atoms with E-state index in [0.29, 0.717) is 12.4 Å². The zero-order chi connectivity index (χ0) is 20.1. The summed E-state index contributed by atoms with van der Waals surface area (Å²) < 4.78 is 12.4. The average Bonchev–Trinajstić information content (AvgIpc) is 3.19. The summed E-state index contributed by atoms with van der Waals surface area (Å²) in [7, 11) is 0. The molecule has 1 atom stereocenters. The van der Waals surface area contributed by atoms with Gasteiger partial charge >= 0.3 is 6.09 Å². The van der Waals surface area contributed by atoms with E-state index in [4.69, 9.17) is 9.47 Å². The van der Waals surface area contributed by atoms with Gasteiger partial charge in [0.05, 0.1) is 6.61 Å². The van der Waals surface area contributed by atoms with Gasteiger partial charge in [0.2, 0.25) is 0 Å². The van der Waals surface area contributed by atoms with Crippen molar-refractivity contribution in [2.24, 2.45) is 0 Å². The number of carbonyl (C=O) groups excluding carboxylic acids is 1. The highest BCUT2D eigenvalue weighted by Gasteiger charge is 2.20. The summed E-state index contributed by atoms with van der Waals surface area (Å²) in [5, 5.41) is 0. The fourth-order valence-electron chi connectivity index (χ4n) is 3.23. The van der Waals surface area contributed by atoms with E-state index in [2.05, 4.69) is 37.9 Å². The van der Waals surface area contributed by atoms with Gasteiger partial charge in [-0.15, -0.1) is 0 Å². The summed E-state index contributed by atoms with van der Waals surface area (Å²) in [4.78, 5) is 17.1. The van der Waals surface area contributed by atoms with E-state index in [1.807, 2.05) is 37.3 Å². The molecule has 0 radical (unpaired) electrons. The lowest BCUT2D eigenvalue weighted by molar-refractivity contribution is 0.140. The third-order valence-corrected chi connectivity index (χ3v) is 4.96. The fourth-order valence-corrected chi connectivity index (χ4v) is 3.23. The maximum Gasteiger partial charge on any atom is 0.419 e. The number of hydrogen-bond donors (Lipinski definition) is 0. The van der Waals surface area contributed by atoms with Crippen LogP contribution in [0.25, 0.3) is 0 Å². The lowest BCUT2D eigenvalue weighted by atomic mass is 9.93. The zero-order valence-corrected chi connectivity index (χ0v) is 16.8. The Bertz CT molecular complexity index is 945. The molecule has 0 aliphatic carbocycles. The van der Waals surface area contributed by atoms with Crippen molar-refractivity contribution in [2.75, 3.05) is 6.61 Å². The molecule has 0 aliphatic heterocycles. The molecule has 0 fully saturated rings. The zero-order valence-electron chi connectivity index (χ0n) is 16.8. The van der Waals surface area contributed by atoms with Crippen molar-refractivity contribution >= 4 is 6.09 Å². The molecule has 0 saturated heterocycles. The number of rotatable bonds is 6. The second-order valence-corrected chi connectivity index (χ2v) is 6.80. The van der Waals surface area contributed by atoms with Crippen LogP contribution in [-0.4, -0.2) is 22.3 Å². The molecule has 2 aromatic carbocycles. The van der Waals surface area contributed by atoms with Crippen molar-refractivity contribution in [3.05, 3.63) is 82.9 Å². The Morgan fingerprint density at radius 2 is 1.89 bits per heavy atom. The smallest absolute Gasteiger partial charge is 0.419 e. The van der Waals surface area contributed by atoms with Crippen LogP contribution in [0.2, 0.25) is 0 Å². The Labute approximate surface area is 165 Å². The predicted molar refractivity (Wildman–Crippen MR) is 109 cm³/mol. The number of hydrogen-bond acceptors (Lipinski definition) is 4. The molecule has 0 amide bonds. The first-order valence-electron chi connectivity index (χ1n) is 9.49. The predicted octanol–water partition coefficient (Wildman–Crippen LogP) is 5.24. The molecule has 0 aliphatic rings. The molecule has 1 aromatic heterocycles. The van der Waals surface area contributed by atoms with Crippen molar-refractivity contribution in [3.63, 3.8) is 0 Å². The van der Waals surface area contributed by atoms with Crippen LogP contribution in [0.4, 0.5) is 4.79 Å². The summed E-state index contributed by atoms with van der Waals surface area (Å²) in [5.74, 6) is 1.45. The molecule has 1 heterocycles. The Morgan fingerprint density at radius 3 is 2.61 bits per heavy atom. The second kappa shape index (κ2) is 8.74. The van der Waals surface area contributed by atoms with Gasteiger partial charge in [-0.25, -0.2) is 14.3 Å². The van der Waals surface area contributed by atoms with Crippen LogP contribution in [0.5, 0.6) is 5.75 Å². The highest BCUT2D eigenvalue weighted by molar-refractivity contribution is 5.71. The first-order valence-corrected chi connectivity index (χ1v) is 9.49. The van der Waals surface area contributed by atoms with Gasteiger partial charge in [0, 0.05) is 18.3 Å². The van der Waals surface area contributed by atoms with Gasteiger partial charge in [0.15, 0.2) is 0 Å². The Kier molecular flexibility index (Phi) is 6.14. The molecule has 3 rings (SSSR count). The largest absolute Gasteiger partial charge is 0.494 e. The van der Waals surface area contributed by atoms with E-state index < -0.39 is 6.09 Å². The van der Waals surface area contributed by atoms with Crippen molar-refractivity contribution < 1.29 is 14.3 Å². The normalized spacial score (nSPS) is 11.9. The van der Waals surface area contributed by atoms with Crippen molar-refractivity contribution in [3.8, 4) is 5.75 Å². The molecular formula is C23H26N2O3. The molecule has 5 nitrogen and oxygen atoms in total. The number of ether oxygens (including phenoxy) is 2. The van der Waals surface area contributed by atoms with E-state index in [9.17, 15) is 4.79 Å². The maximum atomic E-state index is 12.6. The van der Waals surface area contributed by atoms with Crippen LogP contribution in [0, 0.1) is 13.8 Å². The van der Waals surface area contributed by atoms with E-state index >= 15 is 0 Å².